The highest BCUT2D eigenvalue weighted by atomic mass is 79.9. The predicted molar refractivity (Wildman–Crippen MR) is 73.0 cm³/mol. The van der Waals surface area contributed by atoms with Crippen LogP contribution in [0.5, 0.6) is 0 Å². The normalized spacial score (nSPS) is 14.6. The molecule has 1 atom stereocenters. The van der Waals surface area contributed by atoms with Gasteiger partial charge in [-0.2, -0.15) is 0 Å². The summed E-state index contributed by atoms with van der Waals surface area (Å²) in [5.74, 6) is -0.315. The molecule has 1 aromatic rings. The second-order valence-corrected chi connectivity index (χ2v) is 5.03. The van der Waals surface area contributed by atoms with Gasteiger partial charge in [0.1, 0.15) is 5.82 Å². The van der Waals surface area contributed by atoms with Crippen molar-refractivity contribution >= 4 is 21.6 Å². The van der Waals surface area contributed by atoms with E-state index in [9.17, 15) is 4.39 Å². The number of benzene rings is 1. The summed E-state index contributed by atoms with van der Waals surface area (Å²) in [7, 11) is 3.09. The molecular formula is C12H18BrFN2O2. The van der Waals surface area contributed by atoms with Crippen LogP contribution in [0.3, 0.4) is 0 Å². The summed E-state index contributed by atoms with van der Waals surface area (Å²) in [6, 6.07) is 4.65. The van der Waals surface area contributed by atoms with Crippen LogP contribution in [-0.4, -0.2) is 32.6 Å². The first kappa shape index (κ1) is 15.4. The summed E-state index contributed by atoms with van der Waals surface area (Å²) < 4.78 is 24.0. The third-order valence-electron chi connectivity index (χ3n) is 2.72. The van der Waals surface area contributed by atoms with Crippen LogP contribution in [0.25, 0.3) is 0 Å². The quantitative estimate of drug-likeness (QED) is 0.790. The largest absolute Gasteiger partial charge is 0.374 e. The molecule has 102 valence electrons. The summed E-state index contributed by atoms with van der Waals surface area (Å²) in [4.78, 5) is 0. The smallest absolute Gasteiger partial charge is 0.180 e. The number of methoxy groups -OCH3 is 2. The molecule has 0 bridgehead atoms. The molecule has 6 heteroatoms. The van der Waals surface area contributed by atoms with Gasteiger partial charge in [-0.05, 0) is 41.1 Å². The van der Waals surface area contributed by atoms with Crippen molar-refractivity contribution < 1.29 is 13.9 Å². The van der Waals surface area contributed by atoms with Crippen LogP contribution in [0.15, 0.2) is 22.7 Å². The fourth-order valence-electron chi connectivity index (χ4n) is 1.73. The van der Waals surface area contributed by atoms with Crippen molar-refractivity contribution in [3.63, 3.8) is 0 Å². The lowest BCUT2D eigenvalue weighted by atomic mass is 10.0. The van der Waals surface area contributed by atoms with Gasteiger partial charge < -0.3 is 20.5 Å². The number of halogens is 2. The first-order chi connectivity index (χ1) is 8.46. The maximum atomic E-state index is 13.2. The second kappa shape index (κ2) is 6.47. The van der Waals surface area contributed by atoms with Crippen molar-refractivity contribution in [3.8, 4) is 0 Å². The fraction of sp³-hybridized carbons (Fsp3) is 0.500. The Morgan fingerprint density at radius 2 is 2.06 bits per heavy atom. The molecule has 0 saturated heterocycles. The van der Waals surface area contributed by atoms with Gasteiger partial charge in [0.2, 0.25) is 0 Å². The van der Waals surface area contributed by atoms with Crippen molar-refractivity contribution in [2.24, 2.45) is 5.73 Å². The minimum Gasteiger partial charge on any atom is -0.374 e. The number of nitrogens with one attached hydrogen (secondary N) is 1. The van der Waals surface area contributed by atoms with E-state index in [0.717, 1.165) is 5.69 Å². The van der Waals surface area contributed by atoms with E-state index in [-0.39, 0.29) is 5.82 Å². The number of hydrogen-bond acceptors (Lipinski definition) is 4. The topological polar surface area (TPSA) is 56.5 Å². The van der Waals surface area contributed by atoms with E-state index in [1.807, 2.05) is 6.92 Å². The van der Waals surface area contributed by atoms with Gasteiger partial charge in [-0.1, -0.05) is 0 Å². The fourth-order valence-corrected chi connectivity index (χ4v) is 2.11. The zero-order valence-electron chi connectivity index (χ0n) is 10.7. The molecule has 1 rings (SSSR count). The zero-order chi connectivity index (χ0) is 13.8. The summed E-state index contributed by atoms with van der Waals surface area (Å²) in [6.45, 7) is 2.18. The summed E-state index contributed by atoms with van der Waals surface area (Å²) in [5, 5.41) is 3.20. The minimum absolute atomic E-state index is 0.300. The SMILES string of the molecule is COC(OC)C(C)(CN)Nc1ccc(F)c(Br)c1. The molecule has 0 heterocycles. The highest BCUT2D eigenvalue weighted by Gasteiger charge is 2.33. The number of ether oxygens (including phenoxy) is 2. The van der Waals surface area contributed by atoms with Gasteiger partial charge in [0, 0.05) is 26.5 Å². The van der Waals surface area contributed by atoms with E-state index in [4.69, 9.17) is 15.2 Å². The Labute approximate surface area is 115 Å². The Morgan fingerprint density at radius 1 is 1.44 bits per heavy atom. The maximum Gasteiger partial charge on any atom is 0.180 e. The molecule has 0 aliphatic carbocycles. The average molecular weight is 321 g/mol. The number of hydrogen-bond donors (Lipinski definition) is 2. The number of nitrogens with two attached hydrogens (primary N) is 1. The molecular weight excluding hydrogens is 303 g/mol. The maximum absolute atomic E-state index is 13.2. The molecule has 0 spiro atoms. The molecule has 0 aliphatic heterocycles. The van der Waals surface area contributed by atoms with Crippen molar-refractivity contribution in [2.75, 3.05) is 26.1 Å². The van der Waals surface area contributed by atoms with Crippen molar-refractivity contribution in [1.29, 1.82) is 0 Å². The Kier molecular flexibility index (Phi) is 5.52. The standard InChI is InChI=1S/C12H18BrFN2O2/c1-12(7-15,11(17-2)18-3)16-8-4-5-10(14)9(13)6-8/h4-6,11,16H,7,15H2,1-3H3. The van der Waals surface area contributed by atoms with E-state index >= 15 is 0 Å². The van der Waals surface area contributed by atoms with Gasteiger partial charge >= 0.3 is 0 Å². The highest BCUT2D eigenvalue weighted by molar-refractivity contribution is 9.10. The van der Waals surface area contributed by atoms with Crippen LogP contribution in [0.1, 0.15) is 6.92 Å². The summed E-state index contributed by atoms with van der Waals surface area (Å²) in [6.07, 6.45) is -0.508. The third kappa shape index (κ3) is 3.41. The number of rotatable bonds is 6. The average Bonchev–Trinajstić information content (AvgIpc) is 2.35. The molecule has 1 aromatic carbocycles. The molecule has 18 heavy (non-hydrogen) atoms. The van der Waals surface area contributed by atoms with Crippen LogP contribution in [0.4, 0.5) is 10.1 Å². The Bertz CT molecular complexity index is 402. The molecule has 0 aromatic heterocycles. The minimum atomic E-state index is -0.610. The Balaban J connectivity index is 2.94. The van der Waals surface area contributed by atoms with Crippen LogP contribution < -0.4 is 11.1 Å². The summed E-state index contributed by atoms with van der Waals surface area (Å²) in [5.41, 5.74) is 5.89. The monoisotopic (exact) mass is 320 g/mol. The number of anilines is 1. The first-order valence-corrected chi connectivity index (χ1v) is 6.25. The highest BCUT2D eigenvalue weighted by Crippen LogP contribution is 2.24. The van der Waals surface area contributed by atoms with Crippen LogP contribution in [0.2, 0.25) is 0 Å². The zero-order valence-corrected chi connectivity index (χ0v) is 12.3. The van der Waals surface area contributed by atoms with Crippen molar-refractivity contribution in [1.82, 2.24) is 0 Å². The Morgan fingerprint density at radius 3 is 2.50 bits per heavy atom. The van der Waals surface area contributed by atoms with Gasteiger partial charge in [0.05, 0.1) is 10.0 Å². The molecule has 0 saturated carbocycles. The van der Waals surface area contributed by atoms with Crippen LogP contribution in [-0.2, 0) is 9.47 Å². The van der Waals surface area contributed by atoms with E-state index in [2.05, 4.69) is 21.2 Å². The van der Waals surface area contributed by atoms with Crippen LogP contribution >= 0.6 is 15.9 Å². The summed E-state index contributed by atoms with van der Waals surface area (Å²) >= 11 is 3.14. The van der Waals surface area contributed by atoms with Crippen LogP contribution in [0, 0.1) is 5.82 Å². The molecule has 0 aliphatic rings. The van der Waals surface area contributed by atoms with Gasteiger partial charge in [0.15, 0.2) is 6.29 Å². The van der Waals surface area contributed by atoms with E-state index in [1.165, 1.54) is 6.07 Å². The molecule has 0 amide bonds. The van der Waals surface area contributed by atoms with Gasteiger partial charge in [-0.3, -0.25) is 0 Å². The van der Waals surface area contributed by atoms with Crippen molar-refractivity contribution in [2.45, 2.75) is 18.8 Å². The van der Waals surface area contributed by atoms with E-state index in [0.29, 0.717) is 11.0 Å². The lowest BCUT2D eigenvalue weighted by Gasteiger charge is -2.36. The van der Waals surface area contributed by atoms with Gasteiger partial charge in [-0.25, -0.2) is 4.39 Å². The predicted octanol–water partition coefficient (Wildman–Crippen LogP) is 2.34. The van der Waals surface area contributed by atoms with E-state index in [1.54, 1.807) is 26.4 Å². The molecule has 4 nitrogen and oxygen atoms in total. The van der Waals surface area contributed by atoms with Gasteiger partial charge in [0.25, 0.3) is 0 Å². The molecule has 1 unspecified atom stereocenters. The third-order valence-corrected chi connectivity index (χ3v) is 3.33. The van der Waals surface area contributed by atoms with Crippen molar-refractivity contribution in [3.05, 3.63) is 28.5 Å². The lowest BCUT2D eigenvalue weighted by Crippen LogP contribution is -2.54. The van der Waals surface area contributed by atoms with E-state index < -0.39 is 11.8 Å². The second-order valence-electron chi connectivity index (χ2n) is 4.18. The van der Waals surface area contributed by atoms with Gasteiger partial charge in [-0.15, -0.1) is 0 Å². The molecule has 3 N–H and O–H groups in total. The first-order valence-electron chi connectivity index (χ1n) is 5.45. The Hall–Kier alpha value is -0.690. The molecule has 0 fully saturated rings. The lowest BCUT2D eigenvalue weighted by molar-refractivity contribution is -0.134. The molecule has 0 radical (unpaired) electrons.